The zero-order chi connectivity index (χ0) is 15.5. The Labute approximate surface area is 123 Å². The molecule has 6 heteroatoms. The largest absolute Gasteiger partial charge is 0.480 e. The third-order valence-corrected chi connectivity index (χ3v) is 3.96. The number of aliphatic carboxylic acids is 1. The molecule has 2 rings (SSSR count). The molecule has 1 saturated heterocycles. The Bertz CT molecular complexity index is 551. The van der Waals surface area contributed by atoms with Crippen molar-refractivity contribution in [1.82, 2.24) is 5.32 Å². The Balaban J connectivity index is 2.09. The molecule has 1 aliphatic rings. The Hall–Kier alpha value is -2.08. The molecule has 21 heavy (non-hydrogen) atoms. The zero-order valence-electron chi connectivity index (χ0n) is 12.2. The molecule has 3 N–H and O–H groups in total. The predicted octanol–water partition coefficient (Wildman–Crippen LogP) is 2.06. The smallest absolute Gasteiger partial charge is 0.329 e. The fraction of sp³-hybridized carbons (Fsp3) is 0.467. The molecule has 1 fully saturated rings. The molecule has 0 saturated carbocycles. The monoisotopic (exact) mass is 292 g/mol. The number of carboxylic acid groups (broad SMARTS) is 1. The summed E-state index contributed by atoms with van der Waals surface area (Å²) >= 11 is 0. The van der Waals surface area contributed by atoms with Crippen LogP contribution in [0.25, 0.3) is 0 Å². The summed E-state index contributed by atoms with van der Waals surface area (Å²) in [6.45, 7) is 4.52. The normalized spacial score (nSPS) is 17.0. The predicted molar refractivity (Wildman–Crippen MR) is 78.5 cm³/mol. The van der Waals surface area contributed by atoms with Gasteiger partial charge in [-0.1, -0.05) is 12.1 Å². The maximum absolute atomic E-state index is 12.1. The van der Waals surface area contributed by atoms with E-state index in [1.807, 2.05) is 26.0 Å². The van der Waals surface area contributed by atoms with E-state index in [1.54, 1.807) is 6.07 Å². The highest BCUT2D eigenvalue weighted by Crippen LogP contribution is 2.22. The second kappa shape index (κ2) is 6.13. The van der Waals surface area contributed by atoms with Crippen LogP contribution in [0, 0.1) is 13.8 Å². The van der Waals surface area contributed by atoms with Crippen molar-refractivity contribution in [3.63, 3.8) is 0 Å². The van der Waals surface area contributed by atoms with Crippen molar-refractivity contribution in [2.75, 3.05) is 18.5 Å². The van der Waals surface area contributed by atoms with Crippen LogP contribution in [-0.4, -0.2) is 35.9 Å². The number of nitrogens with one attached hydrogen (secondary N) is 2. The number of anilines is 1. The molecule has 0 atom stereocenters. The topological polar surface area (TPSA) is 87.7 Å². The fourth-order valence-corrected chi connectivity index (χ4v) is 2.37. The van der Waals surface area contributed by atoms with E-state index in [-0.39, 0.29) is 12.8 Å². The highest BCUT2D eigenvalue weighted by Gasteiger charge is 2.41. The Morgan fingerprint density at radius 1 is 1.24 bits per heavy atom. The number of benzene rings is 1. The maximum Gasteiger partial charge on any atom is 0.329 e. The summed E-state index contributed by atoms with van der Waals surface area (Å²) < 4.78 is 5.17. The molecule has 1 heterocycles. The van der Waals surface area contributed by atoms with Crippen LogP contribution >= 0.6 is 0 Å². The van der Waals surface area contributed by atoms with Gasteiger partial charge in [-0.2, -0.15) is 0 Å². The van der Waals surface area contributed by atoms with Gasteiger partial charge < -0.3 is 20.5 Å². The number of carbonyl (C=O) groups excluding carboxylic acids is 1. The van der Waals surface area contributed by atoms with Crippen molar-refractivity contribution in [3.05, 3.63) is 29.3 Å². The molecule has 0 bridgehead atoms. The summed E-state index contributed by atoms with van der Waals surface area (Å²) in [6, 6.07) is 5.09. The Morgan fingerprint density at radius 3 is 2.52 bits per heavy atom. The minimum atomic E-state index is -1.25. The molecule has 1 aromatic rings. The first-order valence-corrected chi connectivity index (χ1v) is 6.91. The third kappa shape index (κ3) is 3.33. The average Bonchev–Trinajstić information content (AvgIpc) is 2.44. The van der Waals surface area contributed by atoms with Crippen molar-refractivity contribution >= 4 is 17.7 Å². The van der Waals surface area contributed by atoms with Gasteiger partial charge in [-0.15, -0.1) is 0 Å². The van der Waals surface area contributed by atoms with Crippen LogP contribution in [0.2, 0.25) is 0 Å². The van der Waals surface area contributed by atoms with Crippen LogP contribution in [-0.2, 0) is 9.53 Å². The summed E-state index contributed by atoms with van der Waals surface area (Å²) in [5, 5.41) is 14.7. The second-order valence-electron chi connectivity index (χ2n) is 5.33. The molecular weight excluding hydrogens is 272 g/mol. The number of hydrogen-bond donors (Lipinski definition) is 3. The lowest BCUT2D eigenvalue weighted by atomic mass is 9.90. The Morgan fingerprint density at radius 2 is 1.90 bits per heavy atom. The average molecular weight is 292 g/mol. The van der Waals surface area contributed by atoms with Crippen molar-refractivity contribution < 1.29 is 19.4 Å². The van der Waals surface area contributed by atoms with Crippen LogP contribution in [0.3, 0.4) is 0 Å². The highest BCUT2D eigenvalue weighted by molar-refractivity contribution is 5.94. The van der Waals surface area contributed by atoms with Gasteiger partial charge in [-0.25, -0.2) is 9.59 Å². The molecule has 2 amide bonds. The number of carbonyl (C=O) groups is 2. The first-order chi connectivity index (χ1) is 9.94. The number of carboxylic acids is 1. The van der Waals surface area contributed by atoms with E-state index >= 15 is 0 Å². The molecule has 6 nitrogen and oxygen atoms in total. The van der Waals surface area contributed by atoms with Gasteiger partial charge >= 0.3 is 12.0 Å². The molecule has 0 aromatic heterocycles. The minimum absolute atomic E-state index is 0.266. The standard InChI is InChI=1S/C15H20N2O4/c1-10-4-3-5-12(11(10)2)16-14(20)17-15(13(18)19)6-8-21-9-7-15/h3-5H,6-9H2,1-2H3,(H,18,19)(H2,16,17,20). The molecule has 114 valence electrons. The van der Waals surface area contributed by atoms with Crippen molar-refractivity contribution in [1.29, 1.82) is 0 Å². The lowest BCUT2D eigenvalue weighted by Crippen LogP contribution is -2.58. The summed E-state index contributed by atoms with van der Waals surface area (Å²) in [6.07, 6.45) is 0.533. The highest BCUT2D eigenvalue weighted by atomic mass is 16.5. The number of rotatable bonds is 3. The number of hydrogen-bond acceptors (Lipinski definition) is 3. The van der Waals surface area contributed by atoms with Gasteiger partial charge in [0.25, 0.3) is 0 Å². The molecule has 1 aromatic carbocycles. The van der Waals surface area contributed by atoms with Gasteiger partial charge in [0.05, 0.1) is 0 Å². The van der Waals surface area contributed by atoms with Crippen molar-refractivity contribution in [2.45, 2.75) is 32.2 Å². The van der Waals surface area contributed by atoms with E-state index in [0.717, 1.165) is 11.1 Å². The minimum Gasteiger partial charge on any atom is -0.480 e. The van der Waals surface area contributed by atoms with Crippen LogP contribution in [0.1, 0.15) is 24.0 Å². The summed E-state index contributed by atoms with van der Waals surface area (Å²) in [5.41, 5.74) is 1.45. The second-order valence-corrected chi connectivity index (χ2v) is 5.33. The lowest BCUT2D eigenvalue weighted by Gasteiger charge is -2.33. The summed E-state index contributed by atoms with van der Waals surface area (Å²) in [7, 11) is 0. The van der Waals surface area contributed by atoms with E-state index in [2.05, 4.69) is 10.6 Å². The molecular formula is C15H20N2O4. The van der Waals surface area contributed by atoms with Gasteiger partial charge in [-0.3, -0.25) is 0 Å². The maximum atomic E-state index is 12.1. The molecule has 0 aliphatic carbocycles. The summed E-state index contributed by atoms with van der Waals surface area (Å²) in [5.74, 6) is -1.03. The van der Waals surface area contributed by atoms with E-state index in [1.165, 1.54) is 0 Å². The van der Waals surface area contributed by atoms with Gasteiger partial charge in [0.2, 0.25) is 0 Å². The van der Waals surface area contributed by atoms with E-state index in [0.29, 0.717) is 18.9 Å². The van der Waals surface area contributed by atoms with E-state index in [4.69, 9.17) is 4.74 Å². The first-order valence-electron chi connectivity index (χ1n) is 6.91. The zero-order valence-corrected chi connectivity index (χ0v) is 12.2. The number of amides is 2. The van der Waals surface area contributed by atoms with Crippen molar-refractivity contribution in [3.8, 4) is 0 Å². The van der Waals surface area contributed by atoms with Crippen LogP contribution in [0.15, 0.2) is 18.2 Å². The lowest BCUT2D eigenvalue weighted by molar-refractivity contribution is -0.148. The Kier molecular flexibility index (Phi) is 4.47. The quantitative estimate of drug-likeness (QED) is 0.795. The third-order valence-electron chi connectivity index (χ3n) is 3.96. The van der Waals surface area contributed by atoms with Crippen LogP contribution in [0.5, 0.6) is 0 Å². The fourth-order valence-electron chi connectivity index (χ4n) is 2.37. The summed E-state index contributed by atoms with van der Waals surface area (Å²) in [4.78, 5) is 23.6. The van der Waals surface area contributed by atoms with Crippen LogP contribution in [0.4, 0.5) is 10.5 Å². The van der Waals surface area contributed by atoms with Crippen molar-refractivity contribution in [2.24, 2.45) is 0 Å². The number of aryl methyl sites for hydroxylation is 1. The molecule has 0 unspecified atom stereocenters. The number of urea groups is 1. The SMILES string of the molecule is Cc1cccc(NC(=O)NC2(C(=O)O)CCOCC2)c1C. The van der Waals surface area contributed by atoms with Gasteiger partial charge in [0.15, 0.2) is 0 Å². The van der Waals surface area contributed by atoms with Gasteiger partial charge in [0.1, 0.15) is 5.54 Å². The van der Waals surface area contributed by atoms with Gasteiger partial charge in [-0.05, 0) is 31.0 Å². The molecule has 0 spiro atoms. The molecule has 0 radical (unpaired) electrons. The first kappa shape index (κ1) is 15.3. The van der Waals surface area contributed by atoms with E-state index < -0.39 is 17.5 Å². The van der Waals surface area contributed by atoms with Crippen LogP contribution < -0.4 is 10.6 Å². The number of ether oxygens (including phenoxy) is 1. The molecule has 1 aliphatic heterocycles. The van der Waals surface area contributed by atoms with Gasteiger partial charge in [0, 0.05) is 31.7 Å². The van der Waals surface area contributed by atoms with E-state index in [9.17, 15) is 14.7 Å².